The van der Waals surface area contributed by atoms with Crippen molar-refractivity contribution in [2.75, 3.05) is 13.7 Å². The van der Waals surface area contributed by atoms with Crippen molar-refractivity contribution < 1.29 is 4.74 Å². The predicted molar refractivity (Wildman–Crippen MR) is 48.6 cm³/mol. The molecular weight excluding hydrogens is 138 g/mol. The molecule has 1 N–H and O–H groups in total. The Morgan fingerprint density at radius 3 is 2.45 bits per heavy atom. The molecule has 0 heterocycles. The molecule has 0 amide bonds. The van der Waals surface area contributed by atoms with Gasteiger partial charge in [0.2, 0.25) is 0 Å². The zero-order chi connectivity index (χ0) is 8.53. The topological polar surface area (TPSA) is 21.3 Å². The largest absolute Gasteiger partial charge is 0.367 e. The summed E-state index contributed by atoms with van der Waals surface area (Å²) in [4.78, 5) is 0. The molecule has 11 heavy (non-hydrogen) atoms. The summed E-state index contributed by atoms with van der Waals surface area (Å²) in [6.07, 6.45) is 5.04. The summed E-state index contributed by atoms with van der Waals surface area (Å²) in [5.74, 6) is 0. The zero-order valence-corrected chi connectivity index (χ0v) is 8.02. The molecular formula is C9H21NO. The van der Waals surface area contributed by atoms with Crippen LogP contribution in [0, 0.1) is 0 Å². The first-order valence-electron chi connectivity index (χ1n) is 4.61. The molecule has 0 aromatic rings. The number of unbranched alkanes of at least 4 members (excludes halogenated alkanes) is 1. The first kappa shape index (κ1) is 10.9. The van der Waals surface area contributed by atoms with Gasteiger partial charge in [-0.05, 0) is 19.4 Å². The van der Waals surface area contributed by atoms with Crippen molar-refractivity contribution in [2.24, 2.45) is 0 Å². The van der Waals surface area contributed by atoms with Gasteiger partial charge in [-0.25, -0.2) is 0 Å². The van der Waals surface area contributed by atoms with Crippen LogP contribution in [0.3, 0.4) is 0 Å². The first-order valence-corrected chi connectivity index (χ1v) is 4.61. The lowest BCUT2D eigenvalue weighted by molar-refractivity contribution is 0.0663. The van der Waals surface area contributed by atoms with E-state index in [-0.39, 0.29) is 6.23 Å². The van der Waals surface area contributed by atoms with Crippen LogP contribution >= 0.6 is 0 Å². The van der Waals surface area contributed by atoms with E-state index < -0.39 is 0 Å². The van der Waals surface area contributed by atoms with Crippen LogP contribution < -0.4 is 5.32 Å². The molecule has 0 fully saturated rings. The van der Waals surface area contributed by atoms with Crippen LogP contribution in [0.2, 0.25) is 0 Å². The molecule has 1 atom stereocenters. The van der Waals surface area contributed by atoms with Gasteiger partial charge in [0.1, 0.15) is 6.23 Å². The maximum Gasteiger partial charge on any atom is 0.107 e. The molecule has 0 saturated carbocycles. The van der Waals surface area contributed by atoms with Gasteiger partial charge in [0.25, 0.3) is 0 Å². The van der Waals surface area contributed by atoms with Crippen LogP contribution in [-0.2, 0) is 4.74 Å². The van der Waals surface area contributed by atoms with E-state index in [0.717, 1.165) is 13.0 Å². The van der Waals surface area contributed by atoms with Crippen LogP contribution in [0.25, 0.3) is 0 Å². The number of nitrogens with one attached hydrogen (secondary N) is 1. The molecule has 0 aromatic carbocycles. The van der Waals surface area contributed by atoms with Gasteiger partial charge < -0.3 is 4.74 Å². The zero-order valence-electron chi connectivity index (χ0n) is 8.02. The maximum atomic E-state index is 5.23. The van der Waals surface area contributed by atoms with Crippen molar-refractivity contribution in [2.45, 2.75) is 45.8 Å². The van der Waals surface area contributed by atoms with Crippen LogP contribution in [0.1, 0.15) is 39.5 Å². The Morgan fingerprint density at radius 1 is 1.27 bits per heavy atom. The highest BCUT2D eigenvalue weighted by atomic mass is 16.5. The molecule has 2 nitrogen and oxygen atoms in total. The predicted octanol–water partition coefficient (Wildman–Crippen LogP) is 2.15. The molecule has 0 aromatic heterocycles. The van der Waals surface area contributed by atoms with E-state index in [1.165, 1.54) is 19.3 Å². The summed E-state index contributed by atoms with van der Waals surface area (Å²) in [5, 5.41) is 3.35. The molecule has 0 spiro atoms. The van der Waals surface area contributed by atoms with Gasteiger partial charge in [-0.2, -0.15) is 0 Å². The molecule has 0 aliphatic heterocycles. The van der Waals surface area contributed by atoms with E-state index in [1.54, 1.807) is 7.11 Å². The standard InChI is InChI=1S/C9H21NO/c1-4-6-8-10-9(11-3)7-5-2/h9-10H,4-8H2,1-3H3. The average molecular weight is 159 g/mol. The lowest BCUT2D eigenvalue weighted by Crippen LogP contribution is -2.31. The Bertz CT molecular complexity index is 76.0. The number of ether oxygens (including phenoxy) is 1. The van der Waals surface area contributed by atoms with Gasteiger partial charge in [0, 0.05) is 7.11 Å². The van der Waals surface area contributed by atoms with Gasteiger partial charge in [0.05, 0.1) is 0 Å². The van der Waals surface area contributed by atoms with E-state index in [4.69, 9.17) is 4.74 Å². The fourth-order valence-corrected chi connectivity index (χ4v) is 1.01. The average Bonchev–Trinajstić information content (AvgIpc) is 2.03. The molecule has 68 valence electrons. The third kappa shape index (κ3) is 6.32. The Labute approximate surface area is 70.3 Å². The molecule has 2 heteroatoms. The number of methoxy groups -OCH3 is 1. The van der Waals surface area contributed by atoms with Gasteiger partial charge in [0.15, 0.2) is 0 Å². The fraction of sp³-hybridized carbons (Fsp3) is 1.00. The van der Waals surface area contributed by atoms with Gasteiger partial charge in [-0.1, -0.05) is 26.7 Å². The van der Waals surface area contributed by atoms with Crippen LogP contribution in [0.4, 0.5) is 0 Å². The smallest absolute Gasteiger partial charge is 0.107 e. The Morgan fingerprint density at radius 2 is 2.00 bits per heavy atom. The summed E-state index contributed by atoms with van der Waals surface area (Å²) in [7, 11) is 1.76. The quantitative estimate of drug-likeness (QED) is 0.454. The molecule has 0 rings (SSSR count). The van der Waals surface area contributed by atoms with Crippen molar-refractivity contribution in [3.8, 4) is 0 Å². The van der Waals surface area contributed by atoms with E-state index in [0.29, 0.717) is 0 Å². The Balaban J connectivity index is 3.20. The van der Waals surface area contributed by atoms with Crippen molar-refractivity contribution in [3.63, 3.8) is 0 Å². The van der Waals surface area contributed by atoms with Crippen molar-refractivity contribution in [3.05, 3.63) is 0 Å². The lowest BCUT2D eigenvalue weighted by atomic mass is 10.3. The van der Waals surface area contributed by atoms with Crippen molar-refractivity contribution in [1.29, 1.82) is 0 Å². The summed E-state index contributed by atoms with van der Waals surface area (Å²) >= 11 is 0. The van der Waals surface area contributed by atoms with E-state index >= 15 is 0 Å². The molecule has 0 saturated heterocycles. The SMILES string of the molecule is CCCCNC(CCC)OC. The lowest BCUT2D eigenvalue weighted by Gasteiger charge is -2.15. The van der Waals surface area contributed by atoms with Crippen molar-refractivity contribution in [1.82, 2.24) is 5.32 Å². The highest BCUT2D eigenvalue weighted by Crippen LogP contribution is 1.97. The van der Waals surface area contributed by atoms with Crippen LogP contribution in [0.15, 0.2) is 0 Å². The fourth-order valence-electron chi connectivity index (χ4n) is 1.01. The first-order chi connectivity index (χ1) is 5.35. The molecule has 1 unspecified atom stereocenters. The summed E-state index contributed by atoms with van der Waals surface area (Å²) < 4.78 is 5.23. The molecule has 0 bridgehead atoms. The van der Waals surface area contributed by atoms with Crippen LogP contribution in [-0.4, -0.2) is 19.9 Å². The van der Waals surface area contributed by atoms with E-state index in [2.05, 4.69) is 19.2 Å². The third-order valence-electron chi connectivity index (χ3n) is 1.74. The second-order valence-corrected chi connectivity index (χ2v) is 2.82. The van der Waals surface area contributed by atoms with Gasteiger partial charge in [-0.15, -0.1) is 0 Å². The summed E-state index contributed by atoms with van der Waals surface area (Å²) in [6, 6.07) is 0. The van der Waals surface area contributed by atoms with E-state index in [9.17, 15) is 0 Å². The van der Waals surface area contributed by atoms with E-state index in [1.807, 2.05) is 0 Å². The highest BCUT2D eigenvalue weighted by molar-refractivity contribution is 4.53. The normalized spacial score (nSPS) is 13.4. The van der Waals surface area contributed by atoms with Crippen LogP contribution in [0.5, 0.6) is 0 Å². The second kappa shape index (κ2) is 8.02. The maximum absolute atomic E-state index is 5.23. The monoisotopic (exact) mass is 159 g/mol. The molecule has 0 radical (unpaired) electrons. The number of hydrogen-bond acceptors (Lipinski definition) is 2. The molecule has 0 aliphatic rings. The highest BCUT2D eigenvalue weighted by Gasteiger charge is 2.02. The summed E-state index contributed by atoms with van der Waals surface area (Å²) in [6.45, 7) is 5.45. The second-order valence-electron chi connectivity index (χ2n) is 2.82. The summed E-state index contributed by atoms with van der Waals surface area (Å²) in [5.41, 5.74) is 0. The Hall–Kier alpha value is -0.0800. The number of hydrogen-bond donors (Lipinski definition) is 1. The third-order valence-corrected chi connectivity index (χ3v) is 1.74. The number of rotatable bonds is 7. The minimum atomic E-state index is 0.270. The molecule has 0 aliphatic carbocycles. The minimum absolute atomic E-state index is 0.270. The van der Waals surface area contributed by atoms with Crippen molar-refractivity contribution >= 4 is 0 Å². The Kier molecular flexibility index (Phi) is 7.96. The minimum Gasteiger partial charge on any atom is -0.367 e. The van der Waals surface area contributed by atoms with Gasteiger partial charge >= 0.3 is 0 Å². The van der Waals surface area contributed by atoms with Gasteiger partial charge in [-0.3, -0.25) is 5.32 Å².